The molecule has 2 aliphatic heterocycles. The Morgan fingerprint density at radius 3 is 2.42 bits per heavy atom. The summed E-state index contributed by atoms with van der Waals surface area (Å²) in [6, 6.07) is 16.4. The third-order valence-corrected chi connectivity index (χ3v) is 4.78. The molecule has 0 saturated carbocycles. The average Bonchev–Trinajstić information content (AvgIpc) is 2.68. The number of carbonyl (C=O) groups excluding carboxylic acids is 1. The van der Waals surface area contributed by atoms with Crippen LogP contribution in [0.15, 0.2) is 54.6 Å². The van der Waals surface area contributed by atoms with Crippen LogP contribution < -0.4 is 5.73 Å². The first-order chi connectivity index (χ1) is 12.6. The summed E-state index contributed by atoms with van der Waals surface area (Å²) in [5, 5.41) is 0. The van der Waals surface area contributed by atoms with Crippen molar-refractivity contribution in [3.05, 3.63) is 71.5 Å². The molecule has 4 nitrogen and oxygen atoms in total. The monoisotopic (exact) mass is 356 g/mol. The van der Waals surface area contributed by atoms with Crippen molar-refractivity contribution in [3.8, 4) is 0 Å². The summed E-state index contributed by atoms with van der Waals surface area (Å²) >= 11 is 0. The Balaban J connectivity index is 0.000000236. The smallest absolute Gasteiger partial charge is 0.252 e. The van der Waals surface area contributed by atoms with Crippen molar-refractivity contribution in [1.82, 2.24) is 4.90 Å². The van der Waals surface area contributed by atoms with Crippen molar-refractivity contribution in [3.63, 3.8) is 0 Å². The number of nitrogens with zero attached hydrogens (tertiary/aromatic N) is 1. The van der Waals surface area contributed by atoms with Gasteiger partial charge in [-0.3, -0.25) is 4.79 Å². The lowest BCUT2D eigenvalue weighted by Crippen LogP contribution is -2.47. The van der Waals surface area contributed by atoms with Crippen molar-refractivity contribution in [2.75, 3.05) is 13.2 Å². The molecule has 0 spiro atoms. The van der Waals surface area contributed by atoms with Gasteiger partial charge in [0, 0.05) is 25.7 Å². The molecular formula is C21H25FN2O2. The normalized spacial score (nSPS) is 22.0. The van der Waals surface area contributed by atoms with E-state index < -0.39 is 0 Å². The fraction of sp³-hybridized carbons (Fsp3) is 0.381. The molecule has 2 heterocycles. The highest BCUT2D eigenvalue weighted by Gasteiger charge is 2.31. The summed E-state index contributed by atoms with van der Waals surface area (Å²) in [4.78, 5) is 14.4. The van der Waals surface area contributed by atoms with Gasteiger partial charge in [-0.25, -0.2) is 4.39 Å². The van der Waals surface area contributed by atoms with E-state index in [4.69, 9.17) is 10.5 Å². The van der Waals surface area contributed by atoms with Crippen molar-refractivity contribution in [2.45, 2.75) is 38.0 Å². The van der Waals surface area contributed by atoms with Gasteiger partial charge in [0.2, 0.25) is 0 Å². The number of hydrogen-bond acceptors (Lipinski definition) is 3. The van der Waals surface area contributed by atoms with Gasteiger partial charge in [-0.1, -0.05) is 42.5 Å². The maximum atomic E-state index is 12.5. The fourth-order valence-corrected chi connectivity index (χ4v) is 3.30. The molecule has 0 bridgehead atoms. The van der Waals surface area contributed by atoms with Gasteiger partial charge in [-0.05, 0) is 42.5 Å². The van der Waals surface area contributed by atoms with Gasteiger partial charge < -0.3 is 15.4 Å². The quantitative estimate of drug-likeness (QED) is 0.855. The second kappa shape index (κ2) is 8.92. The van der Waals surface area contributed by atoms with Crippen LogP contribution in [0, 0.1) is 5.82 Å². The Morgan fingerprint density at radius 2 is 1.77 bits per heavy atom. The molecule has 4 rings (SSSR count). The summed E-state index contributed by atoms with van der Waals surface area (Å²) < 4.78 is 17.5. The van der Waals surface area contributed by atoms with Crippen molar-refractivity contribution >= 4 is 5.91 Å². The highest BCUT2D eigenvalue weighted by molar-refractivity contribution is 5.81. The minimum atomic E-state index is -0.339. The fourth-order valence-electron chi connectivity index (χ4n) is 3.30. The van der Waals surface area contributed by atoms with E-state index in [0.717, 1.165) is 19.4 Å². The Labute approximate surface area is 153 Å². The molecule has 2 atom stereocenters. The standard InChI is InChI=1S/C15H20N2O2.C6H5F/c16-13-6-8-19-14(9-13)15(18)17-7-5-11-3-1-2-4-12(11)10-17;7-6-4-2-1-3-5-6/h1-4,13-14H,5-10,16H2;1-5H. The predicted octanol–water partition coefficient (Wildman–Crippen LogP) is 2.90. The van der Waals surface area contributed by atoms with Gasteiger partial charge in [0.1, 0.15) is 11.9 Å². The van der Waals surface area contributed by atoms with Crippen molar-refractivity contribution in [1.29, 1.82) is 0 Å². The Morgan fingerprint density at radius 1 is 1.08 bits per heavy atom. The van der Waals surface area contributed by atoms with E-state index in [9.17, 15) is 9.18 Å². The van der Waals surface area contributed by atoms with Gasteiger partial charge in [0.25, 0.3) is 5.91 Å². The van der Waals surface area contributed by atoms with Crippen molar-refractivity contribution < 1.29 is 13.9 Å². The van der Waals surface area contributed by atoms with E-state index in [2.05, 4.69) is 18.2 Å². The molecule has 1 amide bonds. The topological polar surface area (TPSA) is 55.6 Å². The van der Waals surface area contributed by atoms with Crippen LogP contribution in [-0.4, -0.2) is 36.1 Å². The number of benzene rings is 2. The summed E-state index contributed by atoms with van der Waals surface area (Å²) in [5.74, 6) is -0.0767. The third kappa shape index (κ3) is 4.90. The minimum Gasteiger partial charge on any atom is -0.368 e. The molecule has 2 aromatic carbocycles. The molecule has 1 saturated heterocycles. The second-order valence-corrected chi connectivity index (χ2v) is 6.72. The first-order valence-corrected chi connectivity index (χ1v) is 9.07. The largest absolute Gasteiger partial charge is 0.368 e. The van der Waals surface area contributed by atoms with Crippen LogP contribution in [0.1, 0.15) is 24.0 Å². The Bertz CT molecular complexity index is 723. The molecule has 0 radical (unpaired) electrons. The van der Waals surface area contributed by atoms with E-state index in [-0.39, 0.29) is 23.9 Å². The van der Waals surface area contributed by atoms with Crippen LogP contribution in [0.2, 0.25) is 0 Å². The van der Waals surface area contributed by atoms with Crippen LogP contribution in [0.5, 0.6) is 0 Å². The zero-order valence-corrected chi connectivity index (χ0v) is 14.8. The van der Waals surface area contributed by atoms with Crippen LogP contribution in [0.4, 0.5) is 4.39 Å². The van der Waals surface area contributed by atoms with Gasteiger partial charge in [-0.15, -0.1) is 0 Å². The molecule has 2 aromatic rings. The lowest BCUT2D eigenvalue weighted by molar-refractivity contribution is -0.148. The zero-order valence-electron chi connectivity index (χ0n) is 14.8. The third-order valence-electron chi connectivity index (χ3n) is 4.78. The average molecular weight is 356 g/mol. The number of hydrogen-bond donors (Lipinski definition) is 1. The molecule has 1 fully saturated rings. The number of nitrogens with two attached hydrogens (primary N) is 1. The number of carbonyl (C=O) groups is 1. The van der Waals surface area contributed by atoms with Crippen LogP contribution in [-0.2, 0) is 22.5 Å². The van der Waals surface area contributed by atoms with Crippen LogP contribution in [0.3, 0.4) is 0 Å². The van der Waals surface area contributed by atoms with E-state index in [1.807, 2.05) is 11.0 Å². The lowest BCUT2D eigenvalue weighted by Gasteiger charge is -2.34. The molecule has 5 heteroatoms. The lowest BCUT2D eigenvalue weighted by atomic mass is 9.98. The van der Waals surface area contributed by atoms with Gasteiger partial charge in [0.05, 0.1) is 0 Å². The van der Waals surface area contributed by atoms with E-state index in [0.29, 0.717) is 19.6 Å². The van der Waals surface area contributed by atoms with E-state index in [1.165, 1.54) is 23.3 Å². The minimum absolute atomic E-state index is 0.0970. The molecule has 0 aliphatic carbocycles. The van der Waals surface area contributed by atoms with Gasteiger partial charge >= 0.3 is 0 Å². The van der Waals surface area contributed by atoms with Gasteiger partial charge in [0.15, 0.2) is 0 Å². The van der Waals surface area contributed by atoms with Crippen molar-refractivity contribution in [2.24, 2.45) is 5.73 Å². The van der Waals surface area contributed by atoms with E-state index >= 15 is 0 Å². The SMILES string of the molecule is Fc1ccccc1.NC1CCOC(C(=O)N2CCc3ccccc3C2)C1. The summed E-state index contributed by atoms with van der Waals surface area (Å²) in [6.07, 6.45) is 2.10. The highest BCUT2D eigenvalue weighted by Crippen LogP contribution is 2.21. The summed E-state index contributed by atoms with van der Waals surface area (Å²) in [7, 11) is 0. The Hall–Kier alpha value is -2.24. The number of fused-ring (bicyclic) bond motifs is 1. The molecule has 0 aromatic heterocycles. The summed E-state index contributed by atoms with van der Waals surface area (Å²) in [6.45, 7) is 2.08. The maximum absolute atomic E-state index is 12.5. The number of rotatable bonds is 1. The van der Waals surface area contributed by atoms with Gasteiger partial charge in [-0.2, -0.15) is 0 Å². The Kier molecular flexibility index (Phi) is 6.36. The number of halogens is 1. The molecule has 2 unspecified atom stereocenters. The van der Waals surface area contributed by atoms with Crippen LogP contribution >= 0.6 is 0 Å². The molecule has 138 valence electrons. The number of ether oxygens (including phenoxy) is 1. The maximum Gasteiger partial charge on any atom is 0.252 e. The molecule has 2 aliphatic rings. The molecule has 2 N–H and O–H groups in total. The first kappa shape index (κ1) is 18.5. The first-order valence-electron chi connectivity index (χ1n) is 9.07. The number of amides is 1. The molecule has 26 heavy (non-hydrogen) atoms. The van der Waals surface area contributed by atoms with E-state index in [1.54, 1.807) is 18.2 Å². The second-order valence-electron chi connectivity index (χ2n) is 6.72. The van der Waals surface area contributed by atoms with Crippen LogP contribution in [0.25, 0.3) is 0 Å². The summed E-state index contributed by atoms with van der Waals surface area (Å²) in [5.41, 5.74) is 8.52. The highest BCUT2D eigenvalue weighted by atomic mass is 19.1. The predicted molar refractivity (Wildman–Crippen MR) is 98.9 cm³/mol. The molecular weight excluding hydrogens is 331 g/mol. The zero-order chi connectivity index (χ0) is 18.4.